The van der Waals surface area contributed by atoms with Crippen molar-refractivity contribution in [2.45, 2.75) is 32.7 Å². The Kier molecular flexibility index (Phi) is 6.31. The van der Waals surface area contributed by atoms with Gasteiger partial charge >= 0.3 is 0 Å². The maximum atomic E-state index is 14.9. The van der Waals surface area contributed by atoms with Gasteiger partial charge in [0.25, 0.3) is 0 Å². The monoisotopic (exact) mass is 504 g/mol. The van der Waals surface area contributed by atoms with Gasteiger partial charge in [-0.15, -0.1) is 0 Å². The molecule has 1 aliphatic rings. The second-order valence-corrected chi connectivity index (χ2v) is 10.5. The minimum atomic E-state index is -0.775. The smallest absolute Gasteiger partial charge is 0.190 e. The van der Waals surface area contributed by atoms with Gasteiger partial charge in [0, 0.05) is 41.5 Å². The van der Waals surface area contributed by atoms with E-state index in [2.05, 4.69) is 31.7 Å². The molecule has 6 heteroatoms. The van der Waals surface area contributed by atoms with Crippen LogP contribution in [0.15, 0.2) is 77.7 Å². The molecular formula is C30H27ClF2N2O. The molecule has 2 aromatic carbocycles. The molecule has 0 bridgehead atoms. The van der Waals surface area contributed by atoms with E-state index >= 15 is 0 Å². The molecule has 4 aromatic rings. The normalized spacial score (nSPS) is 14.8. The molecule has 0 atom stereocenters. The topological polar surface area (TPSA) is 24.7 Å². The van der Waals surface area contributed by atoms with Crippen LogP contribution >= 0.6 is 11.6 Å². The Morgan fingerprint density at radius 2 is 1.64 bits per heavy atom. The van der Waals surface area contributed by atoms with Gasteiger partial charge in [-0.3, -0.25) is 9.69 Å². The summed E-state index contributed by atoms with van der Waals surface area (Å²) in [5.41, 5.74) is 3.25. The molecule has 1 aliphatic heterocycles. The van der Waals surface area contributed by atoms with Gasteiger partial charge in [0.05, 0.1) is 22.3 Å². The zero-order valence-electron chi connectivity index (χ0n) is 20.5. The molecule has 5 rings (SSSR count). The number of pyridine rings is 2. The Morgan fingerprint density at radius 1 is 0.917 bits per heavy atom. The summed E-state index contributed by atoms with van der Waals surface area (Å²) >= 11 is 6.59. The molecule has 36 heavy (non-hydrogen) atoms. The Bertz CT molecular complexity index is 1550. The molecule has 0 fully saturated rings. The highest BCUT2D eigenvalue weighted by atomic mass is 35.5. The lowest BCUT2D eigenvalue weighted by atomic mass is 9.93. The Labute approximate surface area is 214 Å². The number of hydrogen-bond donors (Lipinski definition) is 0. The van der Waals surface area contributed by atoms with Crippen molar-refractivity contribution in [3.63, 3.8) is 0 Å². The lowest BCUT2D eigenvalue weighted by Crippen LogP contribution is -2.43. The fourth-order valence-electron chi connectivity index (χ4n) is 4.90. The molecule has 0 aliphatic carbocycles. The van der Waals surface area contributed by atoms with E-state index in [1.165, 1.54) is 24.3 Å². The van der Waals surface area contributed by atoms with Crippen molar-refractivity contribution in [3.8, 4) is 22.4 Å². The average Bonchev–Trinajstić information content (AvgIpc) is 2.84. The summed E-state index contributed by atoms with van der Waals surface area (Å²) < 4.78 is 31.6. The number of fused-ring (bicyclic) bond motifs is 1. The lowest BCUT2D eigenvalue weighted by Gasteiger charge is -2.37. The SMILES string of the molecule is CC(C)(C)N1CC=C(c2cc(-c3ccccc3Cl)n3ccc(=O)c(-c4c(F)cccc4F)c3c2)CC1. The van der Waals surface area contributed by atoms with Crippen molar-refractivity contribution in [2.75, 3.05) is 13.1 Å². The van der Waals surface area contributed by atoms with Crippen LogP contribution in [0.4, 0.5) is 8.78 Å². The van der Waals surface area contributed by atoms with E-state index in [0.29, 0.717) is 10.5 Å². The number of nitrogens with zero attached hydrogens (tertiary/aromatic N) is 2. The molecule has 0 saturated heterocycles. The third-order valence-electron chi connectivity index (χ3n) is 6.87. The minimum absolute atomic E-state index is 0.00372. The van der Waals surface area contributed by atoms with Crippen LogP contribution < -0.4 is 5.43 Å². The molecule has 0 saturated carbocycles. The van der Waals surface area contributed by atoms with Crippen LogP contribution in [-0.4, -0.2) is 27.9 Å². The zero-order chi connectivity index (χ0) is 25.6. The Hall–Kier alpha value is -3.28. The van der Waals surface area contributed by atoms with Crippen LogP contribution in [-0.2, 0) is 0 Å². The van der Waals surface area contributed by atoms with E-state index in [1.54, 1.807) is 16.7 Å². The largest absolute Gasteiger partial charge is 0.316 e. The predicted molar refractivity (Wildman–Crippen MR) is 143 cm³/mol. The molecule has 3 heterocycles. The van der Waals surface area contributed by atoms with Crippen molar-refractivity contribution >= 4 is 22.7 Å². The quantitative estimate of drug-likeness (QED) is 0.289. The molecule has 0 N–H and O–H groups in total. The summed E-state index contributed by atoms with van der Waals surface area (Å²) in [6, 6.07) is 16.3. The molecular weight excluding hydrogens is 478 g/mol. The molecule has 2 aromatic heterocycles. The van der Waals surface area contributed by atoms with Gasteiger partial charge in [-0.2, -0.15) is 0 Å². The lowest BCUT2D eigenvalue weighted by molar-refractivity contribution is 0.153. The highest BCUT2D eigenvalue weighted by molar-refractivity contribution is 6.33. The second kappa shape index (κ2) is 9.30. The first-order chi connectivity index (χ1) is 17.1. The molecule has 184 valence electrons. The molecule has 3 nitrogen and oxygen atoms in total. The predicted octanol–water partition coefficient (Wildman–Crippen LogP) is 7.45. The summed E-state index contributed by atoms with van der Waals surface area (Å²) in [6.45, 7) is 8.26. The Balaban J connectivity index is 1.82. The maximum Gasteiger partial charge on any atom is 0.190 e. The summed E-state index contributed by atoms with van der Waals surface area (Å²) in [5.74, 6) is -1.55. The van der Waals surface area contributed by atoms with Crippen LogP contribution in [0.5, 0.6) is 0 Å². The van der Waals surface area contributed by atoms with Gasteiger partial charge in [-0.1, -0.05) is 41.9 Å². The van der Waals surface area contributed by atoms with E-state index in [0.717, 1.165) is 41.9 Å². The first kappa shape index (κ1) is 24.4. The number of aromatic nitrogens is 1. The fraction of sp³-hybridized carbons (Fsp3) is 0.233. The third kappa shape index (κ3) is 4.38. The Morgan fingerprint density at radius 3 is 2.28 bits per heavy atom. The molecule has 0 amide bonds. The first-order valence-corrected chi connectivity index (χ1v) is 12.4. The van der Waals surface area contributed by atoms with Crippen LogP contribution in [0.1, 0.15) is 32.8 Å². The highest BCUT2D eigenvalue weighted by Gasteiger charge is 2.25. The average molecular weight is 505 g/mol. The van der Waals surface area contributed by atoms with Crippen molar-refractivity contribution in [1.29, 1.82) is 0 Å². The van der Waals surface area contributed by atoms with E-state index in [4.69, 9.17) is 11.6 Å². The van der Waals surface area contributed by atoms with Gasteiger partial charge in [-0.05, 0) is 68.7 Å². The number of benzene rings is 2. The van der Waals surface area contributed by atoms with Crippen molar-refractivity contribution in [2.24, 2.45) is 0 Å². The van der Waals surface area contributed by atoms with Gasteiger partial charge in [0.2, 0.25) is 0 Å². The van der Waals surface area contributed by atoms with Crippen LogP contribution in [0.3, 0.4) is 0 Å². The number of halogens is 3. The van der Waals surface area contributed by atoms with Crippen molar-refractivity contribution < 1.29 is 8.78 Å². The molecule has 0 unspecified atom stereocenters. The number of rotatable bonds is 3. The summed E-state index contributed by atoms with van der Waals surface area (Å²) in [4.78, 5) is 15.5. The van der Waals surface area contributed by atoms with Crippen LogP contribution in [0.2, 0.25) is 5.02 Å². The fourth-order valence-corrected chi connectivity index (χ4v) is 5.13. The van der Waals surface area contributed by atoms with Crippen LogP contribution in [0.25, 0.3) is 33.5 Å². The summed E-state index contributed by atoms with van der Waals surface area (Å²) in [5, 5.41) is 0.546. The zero-order valence-corrected chi connectivity index (χ0v) is 21.2. The van der Waals surface area contributed by atoms with E-state index in [-0.39, 0.29) is 16.7 Å². The molecule has 0 radical (unpaired) electrons. The van der Waals surface area contributed by atoms with E-state index < -0.39 is 17.1 Å². The van der Waals surface area contributed by atoms with Gasteiger partial charge in [-0.25, -0.2) is 8.78 Å². The number of hydrogen-bond acceptors (Lipinski definition) is 2. The highest BCUT2D eigenvalue weighted by Crippen LogP contribution is 2.36. The first-order valence-electron chi connectivity index (χ1n) is 12.0. The van der Waals surface area contributed by atoms with Crippen LogP contribution in [0, 0.1) is 11.6 Å². The van der Waals surface area contributed by atoms with Gasteiger partial charge in [0.1, 0.15) is 11.6 Å². The summed E-state index contributed by atoms with van der Waals surface area (Å²) in [7, 11) is 0. The van der Waals surface area contributed by atoms with E-state index in [1.807, 2.05) is 30.3 Å². The van der Waals surface area contributed by atoms with Gasteiger partial charge < -0.3 is 4.40 Å². The summed E-state index contributed by atoms with van der Waals surface area (Å²) in [6.07, 6.45) is 4.65. The maximum absolute atomic E-state index is 14.9. The van der Waals surface area contributed by atoms with Crippen molar-refractivity contribution in [3.05, 3.63) is 105 Å². The second-order valence-electron chi connectivity index (χ2n) is 10.1. The third-order valence-corrected chi connectivity index (χ3v) is 7.20. The minimum Gasteiger partial charge on any atom is -0.316 e. The van der Waals surface area contributed by atoms with E-state index in [9.17, 15) is 13.6 Å². The molecule has 0 spiro atoms. The van der Waals surface area contributed by atoms with Crippen molar-refractivity contribution in [1.82, 2.24) is 9.30 Å². The standard InChI is InChI=1S/C30H27ClF2N2O/c1-30(2,3)34-14-11-19(12-15-34)20-17-25(21-7-4-5-8-22(21)31)35-16-13-27(36)29(26(35)18-20)28-23(32)9-6-10-24(28)33/h4-11,13,16-18H,12,14-15H2,1-3H3. The van der Waals surface area contributed by atoms with Gasteiger partial charge in [0.15, 0.2) is 5.43 Å².